The highest BCUT2D eigenvalue weighted by Crippen LogP contribution is 2.32. The van der Waals surface area contributed by atoms with E-state index < -0.39 is 30.5 Å². The molecule has 3 N–H and O–H groups in total. The van der Waals surface area contributed by atoms with Crippen molar-refractivity contribution in [2.24, 2.45) is 0 Å². The van der Waals surface area contributed by atoms with Gasteiger partial charge in [0.25, 0.3) is 0 Å². The number of alkyl carbamates (subject to hydrolysis) is 1. The van der Waals surface area contributed by atoms with Crippen molar-refractivity contribution in [3.63, 3.8) is 0 Å². The van der Waals surface area contributed by atoms with Gasteiger partial charge < -0.3 is 29.7 Å². The van der Waals surface area contributed by atoms with E-state index in [-0.39, 0.29) is 23.6 Å². The zero-order valence-electron chi connectivity index (χ0n) is 14.5. The third-order valence-electron chi connectivity index (χ3n) is 2.96. The Labute approximate surface area is 144 Å². The van der Waals surface area contributed by atoms with Crippen molar-refractivity contribution in [1.29, 1.82) is 0 Å². The SMILES string of the molecule is COc1cc(C(O)C(O)CNC(=O)OC(C)(C)C)ccc1OC(F)F. The summed E-state index contributed by atoms with van der Waals surface area (Å²) < 4.78 is 38.8. The van der Waals surface area contributed by atoms with Crippen LogP contribution in [-0.2, 0) is 4.74 Å². The van der Waals surface area contributed by atoms with Crippen LogP contribution in [0, 0.1) is 0 Å². The van der Waals surface area contributed by atoms with E-state index >= 15 is 0 Å². The molecule has 0 spiro atoms. The molecule has 1 aromatic carbocycles. The van der Waals surface area contributed by atoms with Gasteiger partial charge in [-0.05, 0) is 38.5 Å². The summed E-state index contributed by atoms with van der Waals surface area (Å²) >= 11 is 0. The molecule has 0 saturated carbocycles. The normalized spacial score (nSPS) is 14.0. The fraction of sp³-hybridized carbons (Fsp3) is 0.562. The third-order valence-corrected chi connectivity index (χ3v) is 2.96. The molecule has 0 fully saturated rings. The Morgan fingerprint density at radius 3 is 2.40 bits per heavy atom. The molecule has 142 valence electrons. The average molecular weight is 363 g/mol. The predicted molar refractivity (Wildman–Crippen MR) is 84.8 cm³/mol. The maximum absolute atomic E-state index is 12.3. The Hall–Kier alpha value is -2.13. The molecule has 0 aliphatic rings. The van der Waals surface area contributed by atoms with E-state index in [2.05, 4.69) is 10.1 Å². The standard InChI is InChI=1S/C16H23F2NO6/c1-16(2,3)25-15(22)19-8-10(20)13(21)9-5-6-11(24-14(17)18)12(7-9)23-4/h5-7,10,13-14,20-21H,8H2,1-4H3,(H,19,22). The quantitative estimate of drug-likeness (QED) is 0.687. The molecule has 0 heterocycles. The molecule has 25 heavy (non-hydrogen) atoms. The van der Waals surface area contributed by atoms with E-state index in [0.29, 0.717) is 0 Å². The maximum atomic E-state index is 12.3. The van der Waals surface area contributed by atoms with E-state index in [4.69, 9.17) is 9.47 Å². The number of amides is 1. The lowest BCUT2D eigenvalue weighted by Gasteiger charge is -2.22. The number of nitrogens with one attached hydrogen (secondary N) is 1. The smallest absolute Gasteiger partial charge is 0.407 e. The number of carbonyl (C=O) groups excluding carboxylic acids is 1. The zero-order valence-corrected chi connectivity index (χ0v) is 14.5. The summed E-state index contributed by atoms with van der Waals surface area (Å²) in [5.74, 6) is -0.223. The minimum Gasteiger partial charge on any atom is -0.493 e. The molecule has 0 bridgehead atoms. The highest BCUT2D eigenvalue weighted by atomic mass is 19.3. The van der Waals surface area contributed by atoms with Crippen molar-refractivity contribution in [3.8, 4) is 11.5 Å². The Morgan fingerprint density at radius 1 is 1.24 bits per heavy atom. The van der Waals surface area contributed by atoms with Crippen LogP contribution in [0.25, 0.3) is 0 Å². The Morgan fingerprint density at radius 2 is 1.88 bits per heavy atom. The second kappa shape index (κ2) is 8.82. The molecule has 2 atom stereocenters. The molecule has 0 aliphatic heterocycles. The Balaban J connectivity index is 2.72. The zero-order chi connectivity index (χ0) is 19.2. The first-order valence-electron chi connectivity index (χ1n) is 7.49. The number of halogens is 2. The summed E-state index contributed by atoms with van der Waals surface area (Å²) in [6, 6.07) is 3.76. The number of rotatable bonds is 7. The minimum atomic E-state index is -3.02. The summed E-state index contributed by atoms with van der Waals surface area (Å²) in [5.41, 5.74) is -0.487. The van der Waals surface area contributed by atoms with Crippen LogP contribution in [0.3, 0.4) is 0 Å². The van der Waals surface area contributed by atoms with Crippen molar-refractivity contribution < 1.29 is 38.0 Å². The summed E-state index contributed by atoms with van der Waals surface area (Å²) in [6.45, 7) is 1.77. The molecular formula is C16H23F2NO6. The van der Waals surface area contributed by atoms with Crippen LogP contribution in [-0.4, -0.2) is 48.3 Å². The van der Waals surface area contributed by atoms with Crippen LogP contribution in [0.2, 0.25) is 0 Å². The lowest BCUT2D eigenvalue weighted by atomic mass is 10.0. The average Bonchev–Trinajstić information content (AvgIpc) is 2.50. The maximum Gasteiger partial charge on any atom is 0.407 e. The Kier molecular flexibility index (Phi) is 7.38. The van der Waals surface area contributed by atoms with Gasteiger partial charge in [0, 0.05) is 6.54 Å². The number of aliphatic hydroxyl groups excluding tert-OH is 2. The minimum absolute atomic E-state index is 0.0239. The summed E-state index contributed by atoms with van der Waals surface area (Å²) in [4.78, 5) is 11.5. The molecule has 0 aromatic heterocycles. The molecule has 2 unspecified atom stereocenters. The molecule has 1 amide bonds. The highest BCUT2D eigenvalue weighted by molar-refractivity contribution is 5.67. The number of hydrogen-bond acceptors (Lipinski definition) is 6. The second-order valence-electron chi connectivity index (χ2n) is 6.18. The molecule has 0 radical (unpaired) electrons. The fourth-order valence-electron chi connectivity index (χ4n) is 1.90. The Bertz CT molecular complexity index is 576. The topological polar surface area (TPSA) is 97.2 Å². The van der Waals surface area contributed by atoms with Crippen molar-refractivity contribution in [2.45, 2.75) is 45.2 Å². The molecular weight excluding hydrogens is 340 g/mol. The number of carbonyl (C=O) groups is 1. The van der Waals surface area contributed by atoms with Crippen LogP contribution in [0.4, 0.5) is 13.6 Å². The number of ether oxygens (including phenoxy) is 3. The van der Waals surface area contributed by atoms with Gasteiger partial charge in [0.2, 0.25) is 0 Å². The summed E-state index contributed by atoms with van der Waals surface area (Å²) in [7, 11) is 1.25. The van der Waals surface area contributed by atoms with Gasteiger partial charge in [-0.25, -0.2) is 4.79 Å². The lowest BCUT2D eigenvalue weighted by Crippen LogP contribution is -2.38. The number of methoxy groups -OCH3 is 1. The van der Waals surface area contributed by atoms with Gasteiger partial charge in [-0.15, -0.1) is 0 Å². The van der Waals surface area contributed by atoms with Gasteiger partial charge in [-0.3, -0.25) is 0 Å². The van der Waals surface area contributed by atoms with Crippen LogP contribution >= 0.6 is 0 Å². The van der Waals surface area contributed by atoms with E-state index in [1.165, 1.54) is 25.3 Å². The van der Waals surface area contributed by atoms with Crippen molar-refractivity contribution in [1.82, 2.24) is 5.32 Å². The largest absolute Gasteiger partial charge is 0.493 e. The molecule has 0 aliphatic carbocycles. The third kappa shape index (κ3) is 7.10. The van der Waals surface area contributed by atoms with Gasteiger partial charge in [0.15, 0.2) is 11.5 Å². The van der Waals surface area contributed by atoms with Crippen LogP contribution in [0.15, 0.2) is 18.2 Å². The van der Waals surface area contributed by atoms with Gasteiger partial charge >= 0.3 is 12.7 Å². The summed E-state index contributed by atoms with van der Waals surface area (Å²) in [6.07, 6.45) is -3.47. The van der Waals surface area contributed by atoms with Gasteiger partial charge in [0.05, 0.1) is 7.11 Å². The van der Waals surface area contributed by atoms with E-state index in [1.54, 1.807) is 20.8 Å². The number of alkyl halides is 2. The molecule has 7 nitrogen and oxygen atoms in total. The van der Waals surface area contributed by atoms with Gasteiger partial charge in [0.1, 0.15) is 17.8 Å². The second-order valence-corrected chi connectivity index (χ2v) is 6.18. The number of benzene rings is 1. The van der Waals surface area contributed by atoms with Crippen LogP contribution in [0.5, 0.6) is 11.5 Å². The molecule has 1 rings (SSSR count). The lowest BCUT2D eigenvalue weighted by molar-refractivity contribution is -0.0513. The summed E-state index contributed by atoms with van der Waals surface area (Å²) in [5, 5.41) is 22.5. The van der Waals surface area contributed by atoms with Crippen LogP contribution < -0.4 is 14.8 Å². The van der Waals surface area contributed by atoms with Gasteiger partial charge in [-0.1, -0.05) is 6.07 Å². The molecule has 9 heteroatoms. The van der Waals surface area contributed by atoms with Gasteiger partial charge in [-0.2, -0.15) is 8.78 Å². The fourth-order valence-corrected chi connectivity index (χ4v) is 1.90. The first-order chi connectivity index (χ1) is 11.5. The van der Waals surface area contributed by atoms with Crippen LogP contribution in [0.1, 0.15) is 32.4 Å². The van der Waals surface area contributed by atoms with E-state index in [0.717, 1.165) is 0 Å². The molecule has 1 aromatic rings. The number of hydrogen-bond donors (Lipinski definition) is 3. The first-order valence-corrected chi connectivity index (χ1v) is 7.49. The highest BCUT2D eigenvalue weighted by Gasteiger charge is 2.23. The van der Waals surface area contributed by atoms with Crippen molar-refractivity contribution >= 4 is 6.09 Å². The molecule has 0 saturated heterocycles. The number of aliphatic hydroxyl groups is 2. The van der Waals surface area contributed by atoms with E-state index in [1.807, 2.05) is 0 Å². The van der Waals surface area contributed by atoms with Crippen molar-refractivity contribution in [2.75, 3.05) is 13.7 Å². The predicted octanol–water partition coefficient (Wildman–Crippen LogP) is 2.22. The van der Waals surface area contributed by atoms with E-state index in [9.17, 15) is 23.8 Å². The first kappa shape index (κ1) is 20.9. The van der Waals surface area contributed by atoms with Crippen molar-refractivity contribution in [3.05, 3.63) is 23.8 Å². The monoisotopic (exact) mass is 363 g/mol.